The number of carbonyl (C=O) groups is 1. The van der Waals surface area contributed by atoms with Gasteiger partial charge in [0.2, 0.25) is 6.57 Å². The van der Waals surface area contributed by atoms with E-state index in [1.807, 2.05) is 0 Å². The fourth-order valence-corrected chi connectivity index (χ4v) is 21.9. The van der Waals surface area contributed by atoms with Crippen LogP contribution in [-0.2, 0) is 13.6 Å². The van der Waals surface area contributed by atoms with Gasteiger partial charge >= 0.3 is 5.97 Å². The SMILES string of the molecule is C[Si](C)(C)OP(=O)(CCCCCC(=O)O)S[Si](C)(C)C. The van der Waals surface area contributed by atoms with Gasteiger partial charge in [0, 0.05) is 12.6 Å². The Morgan fingerprint density at radius 2 is 1.65 bits per heavy atom. The van der Waals surface area contributed by atoms with E-state index in [0.717, 1.165) is 12.8 Å². The summed E-state index contributed by atoms with van der Waals surface area (Å²) in [5.41, 5.74) is 0. The molecule has 120 valence electrons. The first-order valence-corrected chi connectivity index (χ1v) is 17.9. The van der Waals surface area contributed by atoms with E-state index in [0.29, 0.717) is 12.6 Å². The molecular weight excluding hydrogens is 327 g/mol. The molecule has 1 unspecified atom stereocenters. The van der Waals surface area contributed by atoms with Crippen molar-refractivity contribution in [3.05, 3.63) is 0 Å². The minimum absolute atomic E-state index is 0.195. The molecule has 0 bridgehead atoms. The molecule has 0 fully saturated rings. The van der Waals surface area contributed by atoms with E-state index in [1.165, 1.54) is 0 Å². The normalized spacial score (nSPS) is 15.9. The summed E-state index contributed by atoms with van der Waals surface area (Å²) in [5, 5.41) is 8.61. The van der Waals surface area contributed by atoms with Crippen LogP contribution < -0.4 is 0 Å². The third kappa shape index (κ3) is 12.2. The first-order chi connectivity index (χ1) is 8.83. The van der Waals surface area contributed by atoms with Crippen LogP contribution >= 0.6 is 17.4 Å². The molecule has 8 heteroatoms. The lowest BCUT2D eigenvalue weighted by atomic mass is 10.2. The lowest BCUT2D eigenvalue weighted by Gasteiger charge is -2.30. The van der Waals surface area contributed by atoms with Gasteiger partial charge in [-0.15, -0.1) is 0 Å². The highest BCUT2D eigenvalue weighted by Crippen LogP contribution is 2.64. The second kappa shape index (κ2) is 8.18. The Morgan fingerprint density at radius 3 is 2.05 bits per heavy atom. The van der Waals surface area contributed by atoms with Crippen LogP contribution in [0.1, 0.15) is 25.7 Å². The fraction of sp³-hybridized carbons (Fsp3) is 0.917. The summed E-state index contributed by atoms with van der Waals surface area (Å²) in [7, 11) is -1.77. The molecule has 0 aromatic rings. The Balaban J connectivity index is 4.47. The van der Waals surface area contributed by atoms with Crippen molar-refractivity contribution < 1.29 is 18.7 Å². The van der Waals surface area contributed by atoms with Gasteiger partial charge < -0.3 is 9.32 Å². The van der Waals surface area contributed by atoms with Crippen LogP contribution in [0.4, 0.5) is 0 Å². The topological polar surface area (TPSA) is 63.6 Å². The predicted molar refractivity (Wildman–Crippen MR) is 93.9 cm³/mol. The molecule has 0 heterocycles. The Hall–Kier alpha value is 0.444. The molecule has 0 spiro atoms. The number of carboxylic acids is 1. The van der Waals surface area contributed by atoms with Crippen molar-refractivity contribution >= 4 is 38.9 Å². The third-order valence-corrected chi connectivity index (χ3v) is 18.3. The quantitative estimate of drug-likeness (QED) is 0.329. The maximum atomic E-state index is 13.0. The van der Waals surface area contributed by atoms with Crippen molar-refractivity contribution in [3.8, 4) is 0 Å². The summed E-state index contributed by atoms with van der Waals surface area (Å²) in [4.78, 5) is 10.5. The molecule has 0 aliphatic heterocycles. The lowest BCUT2D eigenvalue weighted by molar-refractivity contribution is -0.137. The van der Waals surface area contributed by atoms with E-state index in [2.05, 4.69) is 39.3 Å². The second-order valence-electron chi connectivity index (χ2n) is 6.95. The molecule has 0 saturated carbocycles. The van der Waals surface area contributed by atoms with Crippen molar-refractivity contribution in [2.45, 2.75) is 65.0 Å². The first kappa shape index (κ1) is 20.4. The van der Waals surface area contributed by atoms with Crippen molar-refractivity contribution in [2.75, 3.05) is 6.16 Å². The van der Waals surface area contributed by atoms with Gasteiger partial charge in [0.15, 0.2) is 8.32 Å². The average Bonchev–Trinajstić information content (AvgIpc) is 2.09. The highest BCUT2D eigenvalue weighted by atomic mass is 32.9. The number of hydrogen-bond acceptors (Lipinski definition) is 4. The van der Waals surface area contributed by atoms with E-state index in [1.54, 1.807) is 10.8 Å². The van der Waals surface area contributed by atoms with Crippen molar-refractivity contribution in [2.24, 2.45) is 0 Å². The van der Waals surface area contributed by atoms with Crippen LogP contribution in [0.25, 0.3) is 0 Å². The summed E-state index contributed by atoms with van der Waals surface area (Å²) >= 11 is 0. The van der Waals surface area contributed by atoms with E-state index < -0.39 is 28.1 Å². The van der Waals surface area contributed by atoms with Gasteiger partial charge in [-0.1, -0.05) is 36.9 Å². The molecular formula is C12H29O4PSSi2. The fourth-order valence-electron chi connectivity index (χ4n) is 1.70. The van der Waals surface area contributed by atoms with Crippen LogP contribution in [-0.4, -0.2) is 32.8 Å². The third-order valence-electron chi connectivity index (χ3n) is 2.15. The molecule has 0 aromatic heterocycles. The number of unbranched alkanes of at least 4 members (excludes halogenated alkanes) is 2. The van der Waals surface area contributed by atoms with Crippen LogP contribution in [0.2, 0.25) is 39.3 Å². The Morgan fingerprint density at radius 1 is 1.10 bits per heavy atom. The predicted octanol–water partition coefficient (Wildman–Crippen LogP) is 5.24. The van der Waals surface area contributed by atoms with Gasteiger partial charge in [0.1, 0.15) is 7.22 Å². The van der Waals surface area contributed by atoms with Crippen LogP contribution in [0.3, 0.4) is 0 Å². The largest absolute Gasteiger partial charge is 0.481 e. The summed E-state index contributed by atoms with van der Waals surface area (Å²) in [6.07, 6.45) is 3.01. The van der Waals surface area contributed by atoms with Crippen LogP contribution in [0.5, 0.6) is 0 Å². The zero-order valence-electron chi connectivity index (χ0n) is 13.6. The maximum absolute atomic E-state index is 13.0. The molecule has 0 radical (unpaired) electrons. The highest BCUT2D eigenvalue weighted by molar-refractivity contribution is 8.71. The molecule has 1 atom stereocenters. The monoisotopic (exact) mass is 356 g/mol. The molecule has 4 nitrogen and oxygen atoms in total. The number of aliphatic carboxylic acids is 1. The molecule has 0 aromatic carbocycles. The van der Waals surface area contributed by atoms with Crippen molar-refractivity contribution in [3.63, 3.8) is 0 Å². The summed E-state index contributed by atoms with van der Waals surface area (Å²) < 4.78 is 19.0. The Kier molecular flexibility index (Phi) is 8.36. The zero-order chi connectivity index (χ0) is 16.0. The first-order valence-electron chi connectivity index (χ1n) is 7.05. The smallest absolute Gasteiger partial charge is 0.303 e. The molecule has 0 aliphatic carbocycles. The molecule has 0 aliphatic rings. The molecule has 20 heavy (non-hydrogen) atoms. The molecule has 1 N–H and O–H groups in total. The van der Waals surface area contributed by atoms with E-state index in [4.69, 9.17) is 9.32 Å². The van der Waals surface area contributed by atoms with Crippen LogP contribution in [0.15, 0.2) is 0 Å². The summed E-state index contributed by atoms with van der Waals surface area (Å²) in [6.45, 7) is 10.1. The summed E-state index contributed by atoms with van der Waals surface area (Å²) in [6, 6.07) is 0. The molecule has 0 amide bonds. The Labute approximate surface area is 129 Å². The Bertz CT molecular complexity index is 343. The zero-order valence-corrected chi connectivity index (χ0v) is 17.3. The van der Waals surface area contributed by atoms with E-state index >= 15 is 0 Å². The maximum Gasteiger partial charge on any atom is 0.303 e. The van der Waals surface area contributed by atoms with Gasteiger partial charge in [-0.3, -0.25) is 9.36 Å². The van der Waals surface area contributed by atoms with Crippen molar-refractivity contribution in [1.29, 1.82) is 0 Å². The number of hydrogen-bond donors (Lipinski definition) is 1. The minimum atomic E-state index is -2.63. The number of carboxylic acid groups (broad SMARTS) is 1. The van der Waals surface area contributed by atoms with Gasteiger partial charge in [0.05, 0.1) is 0 Å². The standard InChI is InChI=1S/C12H29O4PSSi2/c1-19(2,3)16-17(15,18-20(4,5)6)11-9-7-8-10-12(13)14/h7-11H2,1-6H3,(H,13,14). The average molecular weight is 357 g/mol. The van der Waals surface area contributed by atoms with Crippen LogP contribution in [0, 0.1) is 0 Å². The second-order valence-corrected chi connectivity index (χ2v) is 25.5. The molecule has 0 saturated heterocycles. The van der Waals surface area contributed by atoms with E-state index in [-0.39, 0.29) is 6.42 Å². The van der Waals surface area contributed by atoms with Gasteiger partial charge in [-0.2, -0.15) is 0 Å². The van der Waals surface area contributed by atoms with Gasteiger partial charge in [-0.25, -0.2) is 0 Å². The van der Waals surface area contributed by atoms with E-state index in [9.17, 15) is 9.36 Å². The highest BCUT2D eigenvalue weighted by Gasteiger charge is 2.35. The molecule has 0 rings (SSSR count). The number of rotatable bonds is 10. The van der Waals surface area contributed by atoms with Gasteiger partial charge in [0.25, 0.3) is 0 Å². The lowest BCUT2D eigenvalue weighted by Crippen LogP contribution is -2.25. The minimum Gasteiger partial charge on any atom is -0.481 e. The summed E-state index contributed by atoms with van der Waals surface area (Å²) in [5.74, 6) is -0.761. The van der Waals surface area contributed by atoms with Crippen molar-refractivity contribution in [1.82, 2.24) is 0 Å². The van der Waals surface area contributed by atoms with Gasteiger partial charge in [-0.05, 0) is 32.5 Å².